The van der Waals surface area contributed by atoms with E-state index in [1.54, 1.807) is 0 Å². The average molecular weight is 266 g/mol. The van der Waals surface area contributed by atoms with Gasteiger partial charge in [0, 0.05) is 17.6 Å². The van der Waals surface area contributed by atoms with Gasteiger partial charge in [0.05, 0.1) is 10.6 Å². The second-order valence-electron chi connectivity index (χ2n) is 3.22. The Kier molecular flexibility index (Phi) is 3.54. The molecule has 16 heavy (non-hydrogen) atoms. The maximum atomic E-state index is 13.3. The van der Waals surface area contributed by atoms with Crippen LogP contribution in [-0.4, -0.2) is 14.3 Å². The molecule has 1 rings (SSSR count). The Hall–Kier alpha value is -1.14. The highest BCUT2D eigenvalue weighted by molar-refractivity contribution is 8.13. The zero-order chi connectivity index (χ0) is 12.5. The SMILES string of the molecule is CC(=O)Nc1cc(S(=O)(=O)Cl)c(C)cc1F. The molecule has 1 N–H and O–H groups in total. The first kappa shape index (κ1) is 12.9. The molecule has 0 aliphatic carbocycles. The number of carbonyl (C=O) groups is 1. The van der Waals surface area contributed by atoms with Crippen molar-refractivity contribution in [2.24, 2.45) is 0 Å². The van der Waals surface area contributed by atoms with Gasteiger partial charge >= 0.3 is 0 Å². The van der Waals surface area contributed by atoms with Crippen LogP contribution < -0.4 is 5.32 Å². The van der Waals surface area contributed by atoms with Crippen LogP contribution in [0.1, 0.15) is 12.5 Å². The van der Waals surface area contributed by atoms with Gasteiger partial charge in [0.2, 0.25) is 5.91 Å². The van der Waals surface area contributed by atoms with Gasteiger partial charge in [-0.05, 0) is 24.6 Å². The van der Waals surface area contributed by atoms with Gasteiger partial charge in [-0.1, -0.05) is 0 Å². The molecule has 7 heteroatoms. The van der Waals surface area contributed by atoms with Crippen LogP contribution in [-0.2, 0) is 13.8 Å². The molecule has 0 heterocycles. The molecule has 4 nitrogen and oxygen atoms in total. The third-order valence-corrected chi connectivity index (χ3v) is 3.30. The first-order valence-electron chi connectivity index (χ1n) is 4.24. The van der Waals surface area contributed by atoms with Gasteiger partial charge in [0.25, 0.3) is 9.05 Å². The molecule has 0 radical (unpaired) electrons. The summed E-state index contributed by atoms with van der Waals surface area (Å²) in [7, 11) is 1.21. The molecule has 0 fully saturated rings. The average Bonchev–Trinajstić information content (AvgIpc) is 2.06. The van der Waals surface area contributed by atoms with Gasteiger partial charge in [0.15, 0.2) is 0 Å². The molecule has 0 aromatic heterocycles. The number of nitrogens with one attached hydrogen (secondary N) is 1. The highest BCUT2D eigenvalue weighted by atomic mass is 35.7. The molecular weight excluding hydrogens is 257 g/mol. The van der Waals surface area contributed by atoms with Crippen molar-refractivity contribution in [2.45, 2.75) is 18.7 Å². The highest BCUT2D eigenvalue weighted by Gasteiger charge is 2.17. The molecule has 0 aliphatic heterocycles. The van der Waals surface area contributed by atoms with E-state index in [0.29, 0.717) is 0 Å². The monoisotopic (exact) mass is 265 g/mol. The minimum atomic E-state index is -3.95. The van der Waals surface area contributed by atoms with E-state index in [-0.39, 0.29) is 16.1 Å². The van der Waals surface area contributed by atoms with Crippen molar-refractivity contribution in [1.82, 2.24) is 0 Å². The quantitative estimate of drug-likeness (QED) is 0.832. The van der Waals surface area contributed by atoms with Crippen molar-refractivity contribution < 1.29 is 17.6 Å². The first-order valence-corrected chi connectivity index (χ1v) is 6.55. The molecule has 0 spiro atoms. The van der Waals surface area contributed by atoms with Gasteiger partial charge in [-0.3, -0.25) is 4.79 Å². The predicted octanol–water partition coefficient (Wildman–Crippen LogP) is 2.02. The van der Waals surface area contributed by atoms with E-state index in [1.165, 1.54) is 13.8 Å². The fourth-order valence-electron chi connectivity index (χ4n) is 1.20. The molecule has 1 amide bonds. The summed E-state index contributed by atoms with van der Waals surface area (Å²) in [5.74, 6) is -1.21. The summed E-state index contributed by atoms with van der Waals surface area (Å²) < 4.78 is 35.6. The van der Waals surface area contributed by atoms with Gasteiger partial charge in [-0.25, -0.2) is 12.8 Å². The summed E-state index contributed by atoms with van der Waals surface area (Å²) in [4.78, 5) is 10.5. The van der Waals surface area contributed by atoms with Gasteiger partial charge in [0.1, 0.15) is 5.82 Å². The fraction of sp³-hybridized carbons (Fsp3) is 0.222. The number of rotatable bonds is 2. The van der Waals surface area contributed by atoms with Crippen LogP contribution in [0.25, 0.3) is 0 Å². The van der Waals surface area contributed by atoms with E-state index in [1.807, 2.05) is 0 Å². The lowest BCUT2D eigenvalue weighted by molar-refractivity contribution is -0.114. The number of aryl methyl sites for hydroxylation is 1. The van der Waals surface area contributed by atoms with Crippen molar-refractivity contribution >= 4 is 31.3 Å². The third kappa shape index (κ3) is 2.93. The zero-order valence-corrected chi connectivity index (χ0v) is 10.1. The molecule has 0 bridgehead atoms. The van der Waals surface area contributed by atoms with Crippen LogP contribution in [0.5, 0.6) is 0 Å². The Morgan fingerprint density at radius 2 is 2.00 bits per heavy atom. The Labute approximate surface area is 96.8 Å². The van der Waals surface area contributed by atoms with Crippen LogP contribution in [0.15, 0.2) is 17.0 Å². The number of halogens is 2. The van der Waals surface area contributed by atoms with Crippen LogP contribution in [0, 0.1) is 12.7 Å². The van der Waals surface area contributed by atoms with E-state index < -0.39 is 20.8 Å². The van der Waals surface area contributed by atoms with Crippen LogP contribution in [0.4, 0.5) is 10.1 Å². The van der Waals surface area contributed by atoms with Crippen molar-refractivity contribution in [2.75, 3.05) is 5.32 Å². The summed E-state index contributed by atoms with van der Waals surface area (Å²) in [6, 6.07) is 1.99. The second-order valence-corrected chi connectivity index (χ2v) is 5.75. The molecule has 0 aliphatic rings. The highest BCUT2D eigenvalue weighted by Crippen LogP contribution is 2.26. The number of benzene rings is 1. The standard InChI is InChI=1S/C9H9ClFNO3S/c1-5-3-7(11)8(12-6(2)13)4-9(5)16(10,14)15/h3-4H,1-2H3,(H,12,13). The molecule has 0 saturated carbocycles. The van der Waals surface area contributed by atoms with E-state index in [4.69, 9.17) is 10.7 Å². The lowest BCUT2D eigenvalue weighted by atomic mass is 10.2. The Morgan fingerprint density at radius 3 is 2.44 bits per heavy atom. The molecule has 1 aromatic carbocycles. The van der Waals surface area contributed by atoms with Crippen LogP contribution >= 0.6 is 10.7 Å². The van der Waals surface area contributed by atoms with E-state index >= 15 is 0 Å². The van der Waals surface area contributed by atoms with Gasteiger partial charge in [-0.2, -0.15) is 0 Å². The third-order valence-electron chi connectivity index (χ3n) is 1.84. The molecular formula is C9H9ClFNO3S. The number of anilines is 1. The largest absolute Gasteiger partial charge is 0.324 e. The normalized spacial score (nSPS) is 11.2. The summed E-state index contributed by atoms with van der Waals surface area (Å²) in [6.07, 6.45) is 0. The minimum absolute atomic E-state index is 0.182. The van der Waals surface area contributed by atoms with Crippen molar-refractivity contribution in [3.63, 3.8) is 0 Å². The summed E-state index contributed by atoms with van der Waals surface area (Å²) in [5, 5.41) is 2.18. The maximum absolute atomic E-state index is 13.3. The molecule has 0 atom stereocenters. The van der Waals surface area contributed by atoms with E-state index in [2.05, 4.69) is 5.32 Å². The molecule has 0 unspecified atom stereocenters. The Bertz CT molecular complexity index is 542. The number of hydrogen-bond acceptors (Lipinski definition) is 3. The molecule has 88 valence electrons. The van der Waals surface area contributed by atoms with Crippen molar-refractivity contribution in [1.29, 1.82) is 0 Å². The van der Waals surface area contributed by atoms with Crippen LogP contribution in [0.3, 0.4) is 0 Å². The van der Waals surface area contributed by atoms with Gasteiger partial charge < -0.3 is 5.32 Å². The number of carbonyl (C=O) groups excluding carboxylic acids is 1. The first-order chi connectivity index (χ1) is 7.21. The Balaban J connectivity index is 3.38. The minimum Gasteiger partial charge on any atom is -0.324 e. The molecule has 1 aromatic rings. The Morgan fingerprint density at radius 1 is 1.44 bits per heavy atom. The molecule has 0 saturated heterocycles. The maximum Gasteiger partial charge on any atom is 0.261 e. The smallest absolute Gasteiger partial charge is 0.261 e. The van der Waals surface area contributed by atoms with Crippen molar-refractivity contribution in [3.05, 3.63) is 23.5 Å². The lowest BCUT2D eigenvalue weighted by Gasteiger charge is -2.08. The van der Waals surface area contributed by atoms with Crippen molar-refractivity contribution in [3.8, 4) is 0 Å². The number of hydrogen-bond donors (Lipinski definition) is 1. The van der Waals surface area contributed by atoms with E-state index in [0.717, 1.165) is 12.1 Å². The number of amides is 1. The predicted molar refractivity (Wildman–Crippen MR) is 58.5 cm³/mol. The fourth-order valence-corrected chi connectivity index (χ4v) is 2.40. The van der Waals surface area contributed by atoms with E-state index in [9.17, 15) is 17.6 Å². The summed E-state index contributed by atoms with van der Waals surface area (Å²) in [6.45, 7) is 2.60. The van der Waals surface area contributed by atoms with Gasteiger partial charge in [-0.15, -0.1) is 0 Å². The lowest BCUT2D eigenvalue weighted by Crippen LogP contribution is -2.09. The van der Waals surface area contributed by atoms with Crippen LogP contribution in [0.2, 0.25) is 0 Å². The topological polar surface area (TPSA) is 63.2 Å². The summed E-state index contributed by atoms with van der Waals surface area (Å²) in [5.41, 5.74) is -0.0288. The summed E-state index contributed by atoms with van der Waals surface area (Å²) >= 11 is 0. The second kappa shape index (κ2) is 4.39. The zero-order valence-electron chi connectivity index (χ0n) is 8.54.